The Bertz CT molecular complexity index is 937. The fraction of sp³-hybridized carbons (Fsp3) is 0.368. The number of nitrogens with zero attached hydrogens (tertiary/aromatic N) is 3. The maximum absolute atomic E-state index is 6.35. The molecule has 0 radical (unpaired) electrons. The number of aryl methyl sites for hydroxylation is 1. The van der Waals surface area contributed by atoms with E-state index in [0.29, 0.717) is 5.15 Å². The van der Waals surface area contributed by atoms with Crippen LogP contribution in [0.2, 0.25) is 5.15 Å². The van der Waals surface area contributed by atoms with Gasteiger partial charge in [0.25, 0.3) is 0 Å². The Hall–Kier alpha value is -1.76. The fourth-order valence-corrected chi connectivity index (χ4v) is 4.14. The molecule has 26 heavy (non-hydrogen) atoms. The first kappa shape index (κ1) is 17.6. The lowest BCUT2D eigenvalue weighted by Gasteiger charge is -2.25. The second-order valence-corrected chi connectivity index (χ2v) is 7.58. The molecule has 0 saturated carbocycles. The van der Waals surface area contributed by atoms with Crippen molar-refractivity contribution in [3.8, 4) is 0 Å². The van der Waals surface area contributed by atoms with Crippen LogP contribution in [-0.4, -0.2) is 27.4 Å². The highest BCUT2D eigenvalue weighted by molar-refractivity contribution is 7.98. The molecule has 1 aliphatic heterocycles. The number of halogens is 1. The molecule has 136 valence electrons. The molecule has 1 saturated heterocycles. The van der Waals surface area contributed by atoms with Gasteiger partial charge in [-0.05, 0) is 44.6 Å². The Morgan fingerprint density at radius 1 is 1.23 bits per heavy atom. The standard InChI is InChI=1S/C19H21ClN4OS/c1-12-21-18-14(22-13-7-3-4-8-15(13)26-2)11-16(20)23-19(18)24(12)17-9-5-6-10-25-17/h3-4,7-8,11,17H,5-6,9-10H2,1-2H3,(H,22,23). The van der Waals surface area contributed by atoms with E-state index in [9.17, 15) is 0 Å². The van der Waals surface area contributed by atoms with E-state index in [1.54, 1.807) is 11.8 Å². The Balaban J connectivity index is 1.81. The number of ether oxygens (including phenoxy) is 1. The molecular formula is C19H21ClN4OS. The van der Waals surface area contributed by atoms with Crippen molar-refractivity contribution in [2.45, 2.75) is 37.3 Å². The van der Waals surface area contributed by atoms with Gasteiger partial charge in [0, 0.05) is 17.6 Å². The quantitative estimate of drug-likeness (QED) is 0.468. The molecule has 7 heteroatoms. The predicted octanol–water partition coefficient (Wildman–Crippen LogP) is 5.56. The number of aromatic nitrogens is 3. The molecule has 0 spiro atoms. The number of pyridine rings is 1. The third-order valence-corrected chi connectivity index (χ3v) is 5.60. The van der Waals surface area contributed by atoms with Crippen LogP contribution in [0.5, 0.6) is 0 Å². The minimum Gasteiger partial charge on any atom is -0.358 e. The van der Waals surface area contributed by atoms with Crippen LogP contribution in [-0.2, 0) is 4.74 Å². The van der Waals surface area contributed by atoms with Gasteiger partial charge in [-0.1, -0.05) is 23.7 Å². The Morgan fingerprint density at radius 2 is 2.08 bits per heavy atom. The lowest BCUT2D eigenvalue weighted by Crippen LogP contribution is -2.19. The van der Waals surface area contributed by atoms with E-state index in [1.165, 1.54) is 4.90 Å². The summed E-state index contributed by atoms with van der Waals surface area (Å²) in [6, 6.07) is 10.0. The first-order chi connectivity index (χ1) is 12.7. The van der Waals surface area contributed by atoms with Crippen LogP contribution in [0, 0.1) is 6.92 Å². The van der Waals surface area contributed by atoms with Crippen LogP contribution in [0.3, 0.4) is 0 Å². The van der Waals surface area contributed by atoms with E-state index in [0.717, 1.165) is 54.2 Å². The first-order valence-electron chi connectivity index (χ1n) is 8.74. The van der Waals surface area contributed by atoms with Gasteiger partial charge in [-0.25, -0.2) is 9.97 Å². The Kier molecular flexibility index (Phi) is 5.07. The molecule has 0 bridgehead atoms. The summed E-state index contributed by atoms with van der Waals surface area (Å²) in [6.45, 7) is 2.77. The number of anilines is 2. The highest BCUT2D eigenvalue weighted by atomic mass is 35.5. The molecule has 1 N–H and O–H groups in total. The topological polar surface area (TPSA) is 52.0 Å². The SMILES string of the molecule is CSc1ccccc1Nc1cc(Cl)nc2c1nc(C)n2C1CCCCO1. The molecular weight excluding hydrogens is 368 g/mol. The average molecular weight is 389 g/mol. The van der Waals surface area contributed by atoms with E-state index >= 15 is 0 Å². The molecule has 5 nitrogen and oxygen atoms in total. The van der Waals surface area contributed by atoms with Crippen LogP contribution in [0.15, 0.2) is 35.2 Å². The zero-order valence-corrected chi connectivity index (χ0v) is 16.4. The summed E-state index contributed by atoms with van der Waals surface area (Å²) >= 11 is 8.04. The molecule has 1 atom stereocenters. The average Bonchev–Trinajstić information content (AvgIpc) is 2.99. The van der Waals surface area contributed by atoms with E-state index in [1.807, 2.05) is 25.1 Å². The van der Waals surface area contributed by atoms with Crippen molar-refractivity contribution in [2.24, 2.45) is 0 Å². The number of hydrogen-bond acceptors (Lipinski definition) is 5. The third kappa shape index (κ3) is 3.29. The normalized spacial score (nSPS) is 17.6. The van der Waals surface area contributed by atoms with Gasteiger partial charge in [0.15, 0.2) is 5.65 Å². The molecule has 1 unspecified atom stereocenters. The van der Waals surface area contributed by atoms with E-state index in [4.69, 9.17) is 21.3 Å². The van der Waals surface area contributed by atoms with Crippen molar-refractivity contribution in [1.29, 1.82) is 0 Å². The first-order valence-corrected chi connectivity index (χ1v) is 10.3. The van der Waals surface area contributed by atoms with Crippen LogP contribution < -0.4 is 5.32 Å². The summed E-state index contributed by atoms with van der Waals surface area (Å²) in [6.07, 6.45) is 5.27. The number of rotatable bonds is 4. The second-order valence-electron chi connectivity index (χ2n) is 6.34. The van der Waals surface area contributed by atoms with Gasteiger partial charge in [-0.2, -0.15) is 0 Å². The van der Waals surface area contributed by atoms with Crippen LogP contribution in [0.1, 0.15) is 31.3 Å². The van der Waals surface area contributed by atoms with Crippen molar-refractivity contribution < 1.29 is 4.74 Å². The predicted molar refractivity (Wildman–Crippen MR) is 108 cm³/mol. The highest BCUT2D eigenvalue weighted by Crippen LogP contribution is 2.35. The van der Waals surface area contributed by atoms with E-state index in [-0.39, 0.29) is 6.23 Å². The van der Waals surface area contributed by atoms with Crippen molar-refractivity contribution >= 4 is 45.9 Å². The maximum Gasteiger partial charge on any atom is 0.166 e. The van der Waals surface area contributed by atoms with Crippen molar-refractivity contribution in [3.05, 3.63) is 41.3 Å². The minimum absolute atomic E-state index is 0.0222. The van der Waals surface area contributed by atoms with Gasteiger partial charge in [-0.15, -0.1) is 11.8 Å². The van der Waals surface area contributed by atoms with Crippen LogP contribution >= 0.6 is 23.4 Å². The summed E-state index contributed by atoms with van der Waals surface area (Å²) < 4.78 is 8.04. The zero-order valence-electron chi connectivity index (χ0n) is 14.8. The van der Waals surface area contributed by atoms with Gasteiger partial charge in [0.1, 0.15) is 22.7 Å². The summed E-state index contributed by atoms with van der Waals surface area (Å²) in [5.74, 6) is 0.892. The molecule has 1 aliphatic rings. The van der Waals surface area contributed by atoms with Gasteiger partial charge in [0.2, 0.25) is 0 Å². The minimum atomic E-state index is -0.0222. The number of benzene rings is 1. The summed E-state index contributed by atoms with van der Waals surface area (Å²) in [7, 11) is 0. The van der Waals surface area contributed by atoms with Gasteiger partial charge in [0.05, 0.1) is 11.4 Å². The largest absolute Gasteiger partial charge is 0.358 e. The number of thioether (sulfide) groups is 1. The Morgan fingerprint density at radius 3 is 2.85 bits per heavy atom. The van der Waals surface area contributed by atoms with Crippen molar-refractivity contribution in [3.63, 3.8) is 0 Å². The van der Waals surface area contributed by atoms with Crippen LogP contribution in [0.4, 0.5) is 11.4 Å². The highest BCUT2D eigenvalue weighted by Gasteiger charge is 2.23. The second kappa shape index (κ2) is 7.47. The molecule has 4 rings (SSSR count). The molecule has 3 aromatic rings. The smallest absolute Gasteiger partial charge is 0.166 e. The summed E-state index contributed by atoms with van der Waals surface area (Å²) in [4.78, 5) is 10.5. The van der Waals surface area contributed by atoms with Crippen LogP contribution in [0.25, 0.3) is 11.2 Å². The van der Waals surface area contributed by atoms with Gasteiger partial charge >= 0.3 is 0 Å². The summed E-state index contributed by atoms with van der Waals surface area (Å²) in [5.41, 5.74) is 3.48. The number of fused-ring (bicyclic) bond motifs is 1. The van der Waals surface area contributed by atoms with E-state index < -0.39 is 0 Å². The third-order valence-electron chi connectivity index (χ3n) is 4.61. The summed E-state index contributed by atoms with van der Waals surface area (Å²) in [5, 5.41) is 3.93. The molecule has 1 fully saturated rings. The van der Waals surface area contributed by atoms with Gasteiger partial charge < -0.3 is 10.1 Å². The van der Waals surface area contributed by atoms with E-state index in [2.05, 4.69) is 33.3 Å². The molecule has 0 amide bonds. The molecule has 0 aliphatic carbocycles. The fourth-order valence-electron chi connectivity index (χ4n) is 3.40. The number of imidazole rings is 1. The van der Waals surface area contributed by atoms with Crippen molar-refractivity contribution in [2.75, 3.05) is 18.2 Å². The number of nitrogens with one attached hydrogen (secondary N) is 1. The Labute approximate surface area is 162 Å². The maximum atomic E-state index is 6.35. The van der Waals surface area contributed by atoms with Gasteiger partial charge in [-0.3, -0.25) is 4.57 Å². The molecule has 2 aromatic heterocycles. The lowest BCUT2D eigenvalue weighted by atomic mass is 10.2. The molecule has 1 aromatic carbocycles. The number of hydrogen-bond donors (Lipinski definition) is 1. The monoisotopic (exact) mass is 388 g/mol. The zero-order chi connectivity index (χ0) is 18.1. The van der Waals surface area contributed by atoms with Crippen molar-refractivity contribution in [1.82, 2.24) is 14.5 Å². The number of para-hydroxylation sites is 1. The molecule has 3 heterocycles. The lowest BCUT2D eigenvalue weighted by molar-refractivity contribution is -0.0309.